The lowest BCUT2D eigenvalue weighted by Crippen LogP contribution is -2.58. The lowest BCUT2D eigenvalue weighted by molar-refractivity contribution is -0.146. The van der Waals surface area contributed by atoms with E-state index in [1.807, 2.05) is 0 Å². The third-order valence-corrected chi connectivity index (χ3v) is 7.64. The van der Waals surface area contributed by atoms with E-state index in [9.17, 15) is 23.6 Å². The van der Waals surface area contributed by atoms with Crippen molar-refractivity contribution in [2.75, 3.05) is 51.8 Å². The van der Waals surface area contributed by atoms with Gasteiger partial charge in [0.25, 0.3) is 5.91 Å². The van der Waals surface area contributed by atoms with Crippen LogP contribution in [0, 0.1) is 17.7 Å². The van der Waals surface area contributed by atoms with Gasteiger partial charge in [0.1, 0.15) is 11.9 Å². The Morgan fingerprint density at radius 2 is 1.73 bits per heavy atom. The Balaban J connectivity index is 1.46. The van der Waals surface area contributed by atoms with Crippen LogP contribution in [0.5, 0.6) is 0 Å². The molecule has 3 N–H and O–H groups in total. The number of halogens is 1. The van der Waals surface area contributed by atoms with Crippen molar-refractivity contribution in [1.29, 1.82) is 0 Å². The predicted octanol–water partition coefficient (Wildman–Crippen LogP) is 2.65. The fraction of sp³-hybridized carbons (Fsp3) is 0.467. The fourth-order valence-corrected chi connectivity index (χ4v) is 5.39. The van der Waals surface area contributed by atoms with Crippen LogP contribution in [0.2, 0.25) is 0 Å². The molecule has 4 rings (SSSR count). The summed E-state index contributed by atoms with van der Waals surface area (Å²) in [7, 11) is 1.52. The largest absolute Gasteiger partial charge is 0.378 e. The molecule has 3 atom stereocenters. The molecular formula is C30H38FN5O5. The summed E-state index contributed by atoms with van der Waals surface area (Å²) in [4.78, 5) is 55.8. The van der Waals surface area contributed by atoms with Crippen LogP contribution in [0.1, 0.15) is 35.7 Å². The average molecular weight is 568 g/mol. The van der Waals surface area contributed by atoms with Crippen molar-refractivity contribution >= 4 is 29.4 Å². The molecule has 10 nitrogen and oxygen atoms in total. The fourth-order valence-electron chi connectivity index (χ4n) is 5.39. The van der Waals surface area contributed by atoms with Crippen molar-refractivity contribution in [2.45, 2.75) is 32.2 Å². The maximum atomic E-state index is 13.7. The molecular weight excluding hydrogens is 529 g/mol. The van der Waals surface area contributed by atoms with Crippen LogP contribution < -0.4 is 16.0 Å². The molecule has 2 aliphatic heterocycles. The van der Waals surface area contributed by atoms with Crippen LogP contribution in [-0.2, 0) is 20.7 Å². The third kappa shape index (κ3) is 8.03. The molecule has 1 unspecified atom stereocenters. The highest BCUT2D eigenvalue weighted by Gasteiger charge is 2.38. The van der Waals surface area contributed by atoms with E-state index in [0.29, 0.717) is 50.6 Å². The molecule has 41 heavy (non-hydrogen) atoms. The van der Waals surface area contributed by atoms with Crippen molar-refractivity contribution in [2.24, 2.45) is 11.8 Å². The van der Waals surface area contributed by atoms with E-state index in [1.54, 1.807) is 47.1 Å². The second-order valence-electron chi connectivity index (χ2n) is 10.6. The molecule has 0 aromatic heterocycles. The summed E-state index contributed by atoms with van der Waals surface area (Å²) in [5.41, 5.74) is 1.76. The topological polar surface area (TPSA) is 120 Å². The number of piperidine rings is 1. The molecule has 220 valence electrons. The summed E-state index contributed by atoms with van der Waals surface area (Å²) in [5.74, 6) is -1.74. The minimum atomic E-state index is -1.10. The van der Waals surface area contributed by atoms with E-state index in [2.05, 4.69) is 16.0 Å². The van der Waals surface area contributed by atoms with Gasteiger partial charge in [0.05, 0.1) is 19.1 Å². The molecule has 2 fully saturated rings. The van der Waals surface area contributed by atoms with Gasteiger partial charge >= 0.3 is 6.03 Å². The number of anilines is 1. The van der Waals surface area contributed by atoms with Crippen LogP contribution in [0.4, 0.5) is 14.9 Å². The van der Waals surface area contributed by atoms with Crippen molar-refractivity contribution in [1.82, 2.24) is 20.4 Å². The van der Waals surface area contributed by atoms with Gasteiger partial charge in [-0.1, -0.05) is 25.1 Å². The van der Waals surface area contributed by atoms with Gasteiger partial charge in [-0.05, 0) is 61.1 Å². The highest BCUT2D eigenvalue weighted by molar-refractivity contribution is 5.98. The predicted molar refractivity (Wildman–Crippen MR) is 152 cm³/mol. The minimum Gasteiger partial charge on any atom is -0.378 e. The first-order valence-corrected chi connectivity index (χ1v) is 14.0. The van der Waals surface area contributed by atoms with Crippen molar-refractivity contribution < 1.29 is 28.3 Å². The quantitative estimate of drug-likeness (QED) is 0.453. The first kappa shape index (κ1) is 30.0. The summed E-state index contributed by atoms with van der Waals surface area (Å²) >= 11 is 0. The molecule has 0 radical (unpaired) electrons. The molecule has 0 bridgehead atoms. The molecule has 2 aromatic rings. The monoisotopic (exact) mass is 567 g/mol. The number of carbonyl (C=O) groups is 4. The normalized spacial score (nSPS) is 18.7. The van der Waals surface area contributed by atoms with E-state index in [1.165, 1.54) is 25.2 Å². The van der Waals surface area contributed by atoms with Crippen LogP contribution in [0.15, 0.2) is 48.5 Å². The molecule has 0 aliphatic carbocycles. The number of likely N-dealkylation sites (tertiary alicyclic amines) is 1. The summed E-state index contributed by atoms with van der Waals surface area (Å²) in [5, 5.41) is 7.96. The van der Waals surface area contributed by atoms with Crippen LogP contribution >= 0.6 is 0 Å². The molecule has 2 aliphatic rings. The Morgan fingerprint density at radius 3 is 2.44 bits per heavy atom. The molecule has 2 aromatic carbocycles. The van der Waals surface area contributed by atoms with E-state index in [-0.39, 0.29) is 29.5 Å². The zero-order valence-corrected chi connectivity index (χ0v) is 23.5. The van der Waals surface area contributed by atoms with E-state index < -0.39 is 18.0 Å². The zero-order chi connectivity index (χ0) is 29.4. The van der Waals surface area contributed by atoms with Crippen molar-refractivity contribution in [3.8, 4) is 0 Å². The first-order valence-electron chi connectivity index (χ1n) is 14.0. The van der Waals surface area contributed by atoms with Gasteiger partial charge in [0.2, 0.25) is 11.8 Å². The van der Waals surface area contributed by atoms with Crippen LogP contribution in [0.3, 0.4) is 0 Å². The number of hydrogen-bond acceptors (Lipinski definition) is 5. The SMILES string of the molecule is CNC(=O)c1cccc(NC(=O)N[C@@H](C(=O)N2CCOCC2)[C@@H](C)C(=O)N2CCCC(Cc3ccc(F)cc3)C2)c1. The summed E-state index contributed by atoms with van der Waals surface area (Å²) in [6.07, 6.45) is 2.49. The number of urea groups is 1. The number of morpholine rings is 1. The number of carbonyl (C=O) groups excluding carboxylic acids is 4. The maximum absolute atomic E-state index is 13.7. The number of ether oxygens (including phenoxy) is 1. The number of nitrogens with zero attached hydrogens (tertiary/aromatic N) is 2. The van der Waals surface area contributed by atoms with Gasteiger partial charge in [0.15, 0.2) is 0 Å². The second kappa shape index (κ2) is 14.1. The van der Waals surface area contributed by atoms with Gasteiger partial charge in [0, 0.05) is 44.5 Å². The van der Waals surface area contributed by atoms with Crippen LogP contribution in [-0.4, -0.2) is 86.0 Å². The van der Waals surface area contributed by atoms with Gasteiger partial charge in [-0.2, -0.15) is 0 Å². The molecule has 2 saturated heterocycles. The first-order chi connectivity index (χ1) is 19.7. The summed E-state index contributed by atoms with van der Waals surface area (Å²) < 4.78 is 18.7. The minimum absolute atomic E-state index is 0.206. The molecule has 11 heteroatoms. The molecule has 0 saturated carbocycles. The van der Waals surface area contributed by atoms with E-state index in [4.69, 9.17) is 4.74 Å². The Morgan fingerprint density at radius 1 is 1.00 bits per heavy atom. The average Bonchev–Trinajstić information content (AvgIpc) is 3.00. The van der Waals surface area contributed by atoms with Gasteiger partial charge < -0.3 is 30.5 Å². The third-order valence-electron chi connectivity index (χ3n) is 7.64. The van der Waals surface area contributed by atoms with Gasteiger partial charge in [-0.25, -0.2) is 9.18 Å². The lowest BCUT2D eigenvalue weighted by atomic mass is 9.90. The highest BCUT2D eigenvalue weighted by atomic mass is 19.1. The Kier molecular flexibility index (Phi) is 10.3. The number of benzene rings is 2. The van der Waals surface area contributed by atoms with Gasteiger partial charge in [-0.3, -0.25) is 14.4 Å². The number of hydrogen-bond donors (Lipinski definition) is 3. The van der Waals surface area contributed by atoms with E-state index in [0.717, 1.165) is 24.8 Å². The van der Waals surface area contributed by atoms with Crippen molar-refractivity contribution in [3.05, 3.63) is 65.5 Å². The van der Waals surface area contributed by atoms with Gasteiger partial charge in [-0.15, -0.1) is 0 Å². The van der Waals surface area contributed by atoms with Crippen LogP contribution in [0.25, 0.3) is 0 Å². The number of amides is 5. The summed E-state index contributed by atoms with van der Waals surface area (Å²) in [6, 6.07) is 11.1. The Hall–Kier alpha value is -3.99. The molecule has 5 amide bonds. The number of rotatable bonds is 8. The second-order valence-corrected chi connectivity index (χ2v) is 10.6. The highest BCUT2D eigenvalue weighted by Crippen LogP contribution is 2.24. The van der Waals surface area contributed by atoms with Crippen molar-refractivity contribution in [3.63, 3.8) is 0 Å². The number of nitrogens with one attached hydrogen (secondary N) is 3. The smallest absolute Gasteiger partial charge is 0.319 e. The summed E-state index contributed by atoms with van der Waals surface area (Å²) in [6.45, 7) is 4.28. The lowest BCUT2D eigenvalue weighted by Gasteiger charge is -2.37. The zero-order valence-electron chi connectivity index (χ0n) is 23.5. The standard InChI is InChI=1S/C30H38FN5O5/c1-20(28(38)36-12-4-5-22(19-36)17-21-8-10-24(31)11-9-21)26(29(39)35-13-15-41-16-14-35)34-30(40)33-25-7-3-6-23(18-25)27(37)32-2/h3,6-11,18,20,22,26H,4-5,12-17,19H2,1-2H3,(H,32,37)(H2,33,34,40)/t20-,22?,26-/m1/s1. The Labute approximate surface area is 239 Å². The maximum Gasteiger partial charge on any atom is 0.319 e. The Bertz CT molecular complexity index is 1230. The van der Waals surface area contributed by atoms with E-state index >= 15 is 0 Å². The molecule has 0 spiro atoms. The molecule has 2 heterocycles.